The summed E-state index contributed by atoms with van der Waals surface area (Å²) in [5.41, 5.74) is 1.50. The number of carbonyl (C=O) groups excluding carboxylic acids is 1. The lowest BCUT2D eigenvalue weighted by molar-refractivity contribution is -0.118. The second kappa shape index (κ2) is 7.26. The third-order valence-electron chi connectivity index (χ3n) is 2.94. The second-order valence-electron chi connectivity index (χ2n) is 4.48. The van der Waals surface area contributed by atoms with E-state index in [9.17, 15) is 10.1 Å². The summed E-state index contributed by atoms with van der Waals surface area (Å²) in [5.74, 6) is -1.09. The topological polar surface area (TPSA) is 52.9 Å². The molecule has 2 aromatic rings. The van der Waals surface area contributed by atoms with E-state index < -0.39 is 5.92 Å². The fourth-order valence-corrected chi connectivity index (χ4v) is 2.38. The van der Waals surface area contributed by atoms with Crippen molar-refractivity contribution in [3.8, 4) is 6.07 Å². The number of benzene rings is 2. The van der Waals surface area contributed by atoms with E-state index in [1.54, 1.807) is 18.2 Å². The summed E-state index contributed by atoms with van der Waals surface area (Å²) in [7, 11) is 0. The van der Waals surface area contributed by atoms with Gasteiger partial charge in [-0.05, 0) is 46.1 Å². The van der Waals surface area contributed by atoms with Gasteiger partial charge in [0, 0.05) is 9.50 Å². The summed E-state index contributed by atoms with van der Waals surface area (Å²) in [6, 6.07) is 16.6. The first-order valence-electron chi connectivity index (χ1n) is 6.29. The minimum absolute atomic E-state index is 0.343. The Bertz CT molecular complexity index is 682. The van der Waals surface area contributed by atoms with Crippen molar-refractivity contribution >= 4 is 39.1 Å². The first-order chi connectivity index (χ1) is 10.1. The van der Waals surface area contributed by atoms with Crippen LogP contribution in [0.1, 0.15) is 5.56 Å². The molecular weight excluding hydrogens is 352 g/mol. The molecule has 0 heterocycles. The number of carbonyl (C=O) groups is 1. The molecule has 0 saturated heterocycles. The zero-order chi connectivity index (χ0) is 15.2. The number of amides is 1. The first kappa shape index (κ1) is 15.6. The zero-order valence-electron chi connectivity index (χ0n) is 11.0. The van der Waals surface area contributed by atoms with Crippen LogP contribution in [0, 0.1) is 17.2 Å². The molecule has 0 radical (unpaired) electrons. The molecule has 1 N–H and O–H groups in total. The van der Waals surface area contributed by atoms with Crippen LogP contribution in [0.5, 0.6) is 0 Å². The van der Waals surface area contributed by atoms with E-state index in [0.717, 1.165) is 10.0 Å². The highest BCUT2D eigenvalue weighted by atomic mass is 79.9. The summed E-state index contributed by atoms with van der Waals surface area (Å²) in [6.07, 6.45) is 0.376. The van der Waals surface area contributed by atoms with Crippen LogP contribution in [-0.2, 0) is 11.2 Å². The Balaban J connectivity index is 2.10. The number of rotatable bonds is 4. The quantitative estimate of drug-likeness (QED) is 0.874. The van der Waals surface area contributed by atoms with Crippen LogP contribution in [0.15, 0.2) is 53.0 Å². The van der Waals surface area contributed by atoms with Gasteiger partial charge in [0.15, 0.2) is 0 Å². The SMILES string of the molecule is N#CC(Cc1ccccc1)C(=O)Nc1cc(Cl)ccc1Br. The molecule has 2 rings (SSSR count). The Morgan fingerprint density at radius 2 is 2.00 bits per heavy atom. The first-order valence-corrected chi connectivity index (χ1v) is 7.46. The summed E-state index contributed by atoms with van der Waals surface area (Å²) >= 11 is 9.25. The van der Waals surface area contributed by atoms with Crippen molar-refractivity contribution in [3.05, 3.63) is 63.6 Å². The Morgan fingerprint density at radius 1 is 1.29 bits per heavy atom. The standard InChI is InChI=1S/C16H12BrClN2O/c17-14-7-6-13(18)9-15(14)20-16(21)12(10-19)8-11-4-2-1-3-5-11/h1-7,9,12H,8H2,(H,20,21). The van der Waals surface area contributed by atoms with Crippen molar-refractivity contribution in [1.29, 1.82) is 5.26 Å². The lowest BCUT2D eigenvalue weighted by Crippen LogP contribution is -2.23. The number of halogens is 2. The van der Waals surface area contributed by atoms with Gasteiger partial charge in [-0.1, -0.05) is 41.9 Å². The maximum atomic E-state index is 12.2. The van der Waals surface area contributed by atoms with Crippen LogP contribution < -0.4 is 5.32 Å². The number of hydrogen-bond donors (Lipinski definition) is 1. The predicted molar refractivity (Wildman–Crippen MR) is 87.0 cm³/mol. The van der Waals surface area contributed by atoms with E-state index >= 15 is 0 Å². The molecule has 0 fully saturated rings. The van der Waals surface area contributed by atoms with Gasteiger partial charge in [0.2, 0.25) is 5.91 Å². The summed E-state index contributed by atoms with van der Waals surface area (Å²) in [6.45, 7) is 0. The highest BCUT2D eigenvalue weighted by molar-refractivity contribution is 9.10. The monoisotopic (exact) mass is 362 g/mol. The number of nitrogens with one attached hydrogen (secondary N) is 1. The summed E-state index contributed by atoms with van der Waals surface area (Å²) in [5, 5.41) is 12.5. The van der Waals surface area contributed by atoms with Crippen LogP contribution in [0.25, 0.3) is 0 Å². The van der Waals surface area contributed by atoms with E-state index in [0.29, 0.717) is 17.1 Å². The van der Waals surface area contributed by atoms with Gasteiger partial charge < -0.3 is 5.32 Å². The smallest absolute Gasteiger partial charge is 0.242 e. The van der Waals surface area contributed by atoms with Crippen molar-refractivity contribution in [1.82, 2.24) is 0 Å². The lowest BCUT2D eigenvalue weighted by atomic mass is 10.00. The summed E-state index contributed by atoms with van der Waals surface area (Å²) in [4.78, 5) is 12.2. The van der Waals surface area contributed by atoms with E-state index in [1.165, 1.54) is 0 Å². The summed E-state index contributed by atoms with van der Waals surface area (Å²) < 4.78 is 0.719. The molecule has 1 amide bonds. The van der Waals surface area contributed by atoms with E-state index in [-0.39, 0.29) is 5.91 Å². The maximum Gasteiger partial charge on any atom is 0.242 e. The molecule has 2 aromatic carbocycles. The highest BCUT2D eigenvalue weighted by Crippen LogP contribution is 2.26. The van der Waals surface area contributed by atoms with E-state index in [2.05, 4.69) is 21.2 Å². The molecular formula is C16H12BrClN2O. The van der Waals surface area contributed by atoms with Crippen molar-refractivity contribution in [2.75, 3.05) is 5.32 Å². The third-order valence-corrected chi connectivity index (χ3v) is 3.87. The molecule has 0 bridgehead atoms. The molecule has 0 aromatic heterocycles. The van der Waals surface area contributed by atoms with Crippen LogP contribution in [-0.4, -0.2) is 5.91 Å². The van der Waals surface area contributed by atoms with Gasteiger partial charge >= 0.3 is 0 Å². The van der Waals surface area contributed by atoms with Crippen molar-refractivity contribution in [2.45, 2.75) is 6.42 Å². The number of anilines is 1. The second-order valence-corrected chi connectivity index (χ2v) is 5.78. The molecule has 0 spiro atoms. The zero-order valence-corrected chi connectivity index (χ0v) is 13.4. The van der Waals surface area contributed by atoms with Gasteiger partial charge in [-0.25, -0.2) is 0 Å². The maximum absolute atomic E-state index is 12.2. The van der Waals surface area contributed by atoms with E-state index in [1.807, 2.05) is 36.4 Å². The number of hydrogen-bond acceptors (Lipinski definition) is 2. The molecule has 106 valence electrons. The third kappa shape index (κ3) is 4.32. The van der Waals surface area contributed by atoms with Gasteiger partial charge in [-0.2, -0.15) is 5.26 Å². The van der Waals surface area contributed by atoms with E-state index in [4.69, 9.17) is 11.6 Å². The molecule has 0 aliphatic carbocycles. The van der Waals surface area contributed by atoms with Gasteiger partial charge in [-0.15, -0.1) is 0 Å². The minimum Gasteiger partial charge on any atom is -0.324 e. The molecule has 0 aliphatic heterocycles. The molecule has 1 unspecified atom stereocenters. The normalized spacial score (nSPS) is 11.5. The molecule has 0 aliphatic rings. The molecule has 5 heteroatoms. The largest absolute Gasteiger partial charge is 0.324 e. The number of nitriles is 1. The highest BCUT2D eigenvalue weighted by Gasteiger charge is 2.19. The fraction of sp³-hybridized carbons (Fsp3) is 0.125. The lowest BCUT2D eigenvalue weighted by Gasteiger charge is -2.12. The molecule has 0 saturated carbocycles. The van der Waals surface area contributed by atoms with Gasteiger partial charge in [0.1, 0.15) is 5.92 Å². The van der Waals surface area contributed by atoms with Crippen LogP contribution >= 0.6 is 27.5 Å². The van der Waals surface area contributed by atoms with Gasteiger partial charge in [0.25, 0.3) is 0 Å². The van der Waals surface area contributed by atoms with Crippen LogP contribution in [0.4, 0.5) is 5.69 Å². The van der Waals surface area contributed by atoms with Gasteiger partial charge in [-0.3, -0.25) is 4.79 Å². The van der Waals surface area contributed by atoms with Crippen molar-refractivity contribution in [2.24, 2.45) is 5.92 Å². The van der Waals surface area contributed by atoms with Crippen LogP contribution in [0.3, 0.4) is 0 Å². The van der Waals surface area contributed by atoms with Crippen molar-refractivity contribution in [3.63, 3.8) is 0 Å². The average molecular weight is 364 g/mol. The Morgan fingerprint density at radius 3 is 2.67 bits per heavy atom. The molecule has 3 nitrogen and oxygen atoms in total. The average Bonchev–Trinajstić information content (AvgIpc) is 2.49. The minimum atomic E-state index is -0.752. The number of nitrogens with zero attached hydrogens (tertiary/aromatic N) is 1. The molecule has 1 atom stereocenters. The predicted octanol–water partition coefficient (Wildman–Crippen LogP) is 4.42. The fourth-order valence-electron chi connectivity index (χ4n) is 1.86. The Kier molecular flexibility index (Phi) is 5.38. The Labute approximate surface area is 136 Å². The molecule has 21 heavy (non-hydrogen) atoms. The Hall–Kier alpha value is -1.83. The van der Waals surface area contributed by atoms with Crippen molar-refractivity contribution < 1.29 is 4.79 Å². The van der Waals surface area contributed by atoms with Crippen LogP contribution in [0.2, 0.25) is 5.02 Å². The van der Waals surface area contributed by atoms with Gasteiger partial charge in [0.05, 0.1) is 11.8 Å².